The van der Waals surface area contributed by atoms with Crippen LogP contribution in [0.1, 0.15) is 28.9 Å². The molecule has 1 saturated carbocycles. The summed E-state index contributed by atoms with van der Waals surface area (Å²) in [4.78, 5) is 18.6. The van der Waals surface area contributed by atoms with Crippen molar-refractivity contribution in [1.82, 2.24) is 9.88 Å². The van der Waals surface area contributed by atoms with E-state index in [9.17, 15) is 14.4 Å². The monoisotopic (exact) mass is 315 g/mol. The zero-order valence-corrected chi connectivity index (χ0v) is 12.9. The van der Waals surface area contributed by atoms with E-state index in [1.165, 1.54) is 17.2 Å². The third-order valence-corrected chi connectivity index (χ3v) is 5.17. The van der Waals surface area contributed by atoms with Crippen LogP contribution in [-0.4, -0.2) is 28.4 Å². The number of thiazole rings is 1. The first-order valence-corrected chi connectivity index (χ1v) is 7.79. The Balaban J connectivity index is 1.87. The number of nitriles is 1. The van der Waals surface area contributed by atoms with E-state index < -0.39 is 5.54 Å². The van der Waals surface area contributed by atoms with Crippen molar-refractivity contribution in [3.05, 3.63) is 41.2 Å². The van der Waals surface area contributed by atoms with Crippen molar-refractivity contribution in [1.29, 1.82) is 5.26 Å². The molecule has 1 aliphatic carbocycles. The van der Waals surface area contributed by atoms with Crippen molar-refractivity contribution < 1.29 is 9.18 Å². The molecule has 0 radical (unpaired) electrons. The summed E-state index contributed by atoms with van der Waals surface area (Å²) >= 11 is 1.15. The highest BCUT2D eigenvalue weighted by Gasteiger charge is 2.44. The molecule has 0 saturated heterocycles. The van der Waals surface area contributed by atoms with Crippen LogP contribution in [0.4, 0.5) is 4.39 Å². The van der Waals surface area contributed by atoms with Gasteiger partial charge in [-0.3, -0.25) is 4.79 Å². The van der Waals surface area contributed by atoms with Gasteiger partial charge < -0.3 is 4.90 Å². The number of nitrogens with zero attached hydrogens (tertiary/aromatic N) is 3. The van der Waals surface area contributed by atoms with Crippen LogP contribution < -0.4 is 0 Å². The SMILES string of the molecule is CN(C(=O)c1cnc(-c2ccccc2F)s1)C1(C#N)CCC1. The van der Waals surface area contributed by atoms with E-state index in [1.807, 2.05) is 0 Å². The minimum absolute atomic E-state index is 0.235. The van der Waals surface area contributed by atoms with Crippen molar-refractivity contribution in [3.8, 4) is 16.6 Å². The van der Waals surface area contributed by atoms with Crippen molar-refractivity contribution in [2.45, 2.75) is 24.8 Å². The predicted octanol–water partition coefficient (Wildman–Crippen LogP) is 3.47. The fourth-order valence-corrected chi connectivity index (χ4v) is 3.44. The average Bonchev–Trinajstić information content (AvgIpc) is 2.96. The Hall–Kier alpha value is -2.26. The fourth-order valence-electron chi connectivity index (χ4n) is 2.53. The molecule has 1 fully saturated rings. The Morgan fingerprint density at radius 1 is 1.45 bits per heavy atom. The van der Waals surface area contributed by atoms with E-state index in [4.69, 9.17) is 0 Å². The summed E-state index contributed by atoms with van der Waals surface area (Å²) in [5, 5.41) is 9.78. The molecule has 22 heavy (non-hydrogen) atoms. The van der Waals surface area contributed by atoms with Crippen molar-refractivity contribution in [3.63, 3.8) is 0 Å². The van der Waals surface area contributed by atoms with Crippen molar-refractivity contribution >= 4 is 17.2 Å². The Bertz CT molecular complexity index is 761. The summed E-state index contributed by atoms with van der Waals surface area (Å²) in [5.41, 5.74) is -0.313. The Labute approximate surface area is 131 Å². The Morgan fingerprint density at radius 3 is 2.77 bits per heavy atom. The van der Waals surface area contributed by atoms with Crippen LogP contribution in [0.3, 0.4) is 0 Å². The van der Waals surface area contributed by atoms with Crippen LogP contribution in [-0.2, 0) is 0 Å². The zero-order valence-electron chi connectivity index (χ0n) is 12.0. The molecule has 6 heteroatoms. The predicted molar refractivity (Wildman–Crippen MR) is 81.8 cm³/mol. The molecule has 4 nitrogen and oxygen atoms in total. The number of aromatic nitrogens is 1. The van der Waals surface area contributed by atoms with E-state index in [0.29, 0.717) is 28.3 Å². The van der Waals surface area contributed by atoms with Gasteiger partial charge in [0.1, 0.15) is 21.2 Å². The van der Waals surface area contributed by atoms with Crippen molar-refractivity contribution in [2.75, 3.05) is 7.05 Å². The first kappa shape index (κ1) is 14.7. The lowest BCUT2D eigenvalue weighted by atomic mass is 9.76. The number of halogens is 1. The van der Waals surface area contributed by atoms with Crippen LogP contribution >= 0.6 is 11.3 Å². The van der Waals surface area contributed by atoms with Gasteiger partial charge in [-0.05, 0) is 31.4 Å². The van der Waals surface area contributed by atoms with Gasteiger partial charge in [0.25, 0.3) is 5.91 Å². The largest absolute Gasteiger partial charge is 0.322 e. The molecule has 1 aromatic carbocycles. The van der Waals surface area contributed by atoms with E-state index in [2.05, 4.69) is 11.1 Å². The second-order valence-electron chi connectivity index (χ2n) is 5.37. The van der Waals surface area contributed by atoms with Gasteiger partial charge >= 0.3 is 0 Å². The number of hydrogen-bond acceptors (Lipinski definition) is 4. The number of hydrogen-bond donors (Lipinski definition) is 0. The second-order valence-corrected chi connectivity index (χ2v) is 6.40. The van der Waals surface area contributed by atoms with Gasteiger partial charge in [0.2, 0.25) is 0 Å². The lowest BCUT2D eigenvalue weighted by Crippen LogP contribution is -2.53. The number of amides is 1. The van der Waals surface area contributed by atoms with E-state index in [0.717, 1.165) is 17.8 Å². The highest BCUT2D eigenvalue weighted by molar-refractivity contribution is 7.16. The maximum atomic E-state index is 13.8. The second kappa shape index (κ2) is 5.50. The first-order chi connectivity index (χ1) is 10.6. The maximum absolute atomic E-state index is 13.8. The molecule has 0 atom stereocenters. The molecule has 1 aliphatic rings. The summed E-state index contributed by atoms with van der Waals surface area (Å²) in [7, 11) is 1.65. The molecule has 0 N–H and O–H groups in total. The molecule has 1 aromatic heterocycles. The van der Waals surface area contributed by atoms with E-state index in [-0.39, 0.29) is 11.7 Å². The molecule has 0 spiro atoms. The quantitative estimate of drug-likeness (QED) is 0.871. The highest BCUT2D eigenvalue weighted by atomic mass is 32.1. The topological polar surface area (TPSA) is 57.0 Å². The number of benzene rings is 1. The third kappa shape index (κ3) is 2.28. The highest BCUT2D eigenvalue weighted by Crippen LogP contribution is 2.38. The molecule has 0 bridgehead atoms. The van der Waals surface area contributed by atoms with E-state index >= 15 is 0 Å². The Morgan fingerprint density at radius 2 is 2.18 bits per heavy atom. The average molecular weight is 315 g/mol. The summed E-state index contributed by atoms with van der Waals surface area (Å²) in [5.74, 6) is -0.599. The molecule has 0 unspecified atom stereocenters. The lowest BCUT2D eigenvalue weighted by Gasteiger charge is -2.42. The summed E-state index contributed by atoms with van der Waals surface area (Å²) in [6, 6.07) is 8.58. The smallest absolute Gasteiger partial charge is 0.266 e. The number of rotatable bonds is 3. The van der Waals surface area contributed by atoms with Gasteiger partial charge in [-0.25, -0.2) is 9.37 Å². The van der Waals surface area contributed by atoms with Gasteiger partial charge in [-0.1, -0.05) is 12.1 Å². The normalized spacial score (nSPS) is 15.7. The van der Waals surface area contributed by atoms with Crippen LogP contribution in [0, 0.1) is 17.1 Å². The number of carbonyl (C=O) groups is 1. The summed E-state index contributed by atoms with van der Waals surface area (Å²) in [6.07, 6.45) is 3.80. The van der Waals surface area contributed by atoms with Gasteiger partial charge in [-0.2, -0.15) is 5.26 Å². The fraction of sp³-hybridized carbons (Fsp3) is 0.312. The van der Waals surface area contributed by atoms with Crippen LogP contribution in [0.2, 0.25) is 0 Å². The van der Waals surface area contributed by atoms with Crippen LogP contribution in [0.15, 0.2) is 30.5 Å². The standard InChI is InChI=1S/C16H14FN3OS/c1-20(16(10-18)7-4-8-16)15(21)13-9-19-14(22-13)11-5-2-3-6-12(11)17/h2-3,5-6,9H,4,7-8H2,1H3. The van der Waals surface area contributed by atoms with Crippen molar-refractivity contribution in [2.24, 2.45) is 0 Å². The first-order valence-electron chi connectivity index (χ1n) is 6.97. The molecule has 3 rings (SSSR count). The molecular weight excluding hydrogens is 301 g/mol. The van der Waals surface area contributed by atoms with E-state index in [1.54, 1.807) is 25.2 Å². The van der Waals surface area contributed by atoms with Gasteiger partial charge in [0, 0.05) is 12.6 Å². The van der Waals surface area contributed by atoms with Gasteiger partial charge in [0.15, 0.2) is 0 Å². The number of carbonyl (C=O) groups excluding carboxylic acids is 1. The molecule has 2 aromatic rings. The molecule has 112 valence electrons. The molecule has 1 amide bonds. The molecule has 1 heterocycles. The third-order valence-electron chi connectivity index (χ3n) is 4.16. The molecular formula is C16H14FN3OS. The zero-order chi connectivity index (χ0) is 15.7. The van der Waals surface area contributed by atoms with Crippen LogP contribution in [0.25, 0.3) is 10.6 Å². The van der Waals surface area contributed by atoms with Gasteiger partial charge in [0.05, 0.1) is 12.3 Å². The Kier molecular flexibility index (Phi) is 3.67. The summed E-state index contributed by atoms with van der Waals surface area (Å²) < 4.78 is 13.8. The minimum atomic E-state index is -0.695. The minimum Gasteiger partial charge on any atom is -0.322 e. The molecule has 0 aliphatic heterocycles. The maximum Gasteiger partial charge on any atom is 0.266 e. The van der Waals surface area contributed by atoms with Gasteiger partial charge in [-0.15, -0.1) is 11.3 Å². The van der Waals surface area contributed by atoms with Crippen LogP contribution in [0.5, 0.6) is 0 Å². The summed E-state index contributed by atoms with van der Waals surface area (Å²) in [6.45, 7) is 0. The lowest BCUT2D eigenvalue weighted by molar-refractivity contribution is 0.0502.